The van der Waals surface area contributed by atoms with Gasteiger partial charge in [0.15, 0.2) is 0 Å². The minimum Gasteiger partial charge on any atom is -0.478 e. The molecule has 0 saturated carbocycles. The zero-order valence-electron chi connectivity index (χ0n) is 14.0. The molecule has 9 heteroatoms. The van der Waals surface area contributed by atoms with Gasteiger partial charge in [0.25, 0.3) is 0 Å². The van der Waals surface area contributed by atoms with Crippen molar-refractivity contribution in [2.45, 2.75) is 30.8 Å². The number of nitrogens with zero attached hydrogens (tertiary/aromatic N) is 1. The van der Waals surface area contributed by atoms with E-state index in [0.29, 0.717) is 12.4 Å². The first-order valence-electron chi connectivity index (χ1n) is 8.22. The first kappa shape index (κ1) is 17.7. The highest BCUT2D eigenvalue weighted by atomic mass is 32.2. The van der Waals surface area contributed by atoms with E-state index in [0.717, 1.165) is 50.6 Å². The van der Waals surface area contributed by atoms with Crippen LogP contribution in [0.3, 0.4) is 0 Å². The van der Waals surface area contributed by atoms with Crippen molar-refractivity contribution in [3.8, 4) is 0 Å². The van der Waals surface area contributed by atoms with Crippen LogP contribution in [0.15, 0.2) is 15.6 Å². The number of carboxylic acids is 1. The number of sulfone groups is 1. The normalized spacial score (nSPS) is 16.7. The third-order valence-electron chi connectivity index (χ3n) is 4.15. The van der Waals surface area contributed by atoms with Gasteiger partial charge in [0.05, 0.1) is 5.39 Å². The number of nitrogens with one attached hydrogen (secondary N) is 2. The van der Waals surface area contributed by atoms with Gasteiger partial charge in [-0.15, -0.1) is 0 Å². The van der Waals surface area contributed by atoms with E-state index in [9.17, 15) is 18.3 Å². The molecular formula is C16H21N3O5S. The number of furan rings is 1. The number of aryl methyl sites for hydroxylation is 1. The number of hydrogen-bond donors (Lipinski definition) is 3. The summed E-state index contributed by atoms with van der Waals surface area (Å²) in [4.78, 5) is 16.0. The van der Waals surface area contributed by atoms with E-state index in [1.54, 1.807) is 6.07 Å². The van der Waals surface area contributed by atoms with Gasteiger partial charge in [0, 0.05) is 12.8 Å². The Morgan fingerprint density at radius 2 is 2.00 bits per heavy atom. The molecule has 8 nitrogen and oxygen atoms in total. The molecule has 1 aliphatic heterocycles. The average Bonchev–Trinajstić information content (AvgIpc) is 2.89. The van der Waals surface area contributed by atoms with Crippen LogP contribution < -0.4 is 10.6 Å². The lowest BCUT2D eigenvalue weighted by atomic mass is 10.1. The van der Waals surface area contributed by atoms with Crippen LogP contribution in [-0.2, 0) is 16.3 Å². The molecule has 0 saturated heterocycles. The highest BCUT2D eigenvalue weighted by molar-refractivity contribution is 7.90. The molecule has 0 atom stereocenters. The first-order valence-corrected chi connectivity index (χ1v) is 10.1. The smallest absolute Gasteiger partial charge is 0.341 e. The molecular weight excluding hydrogens is 346 g/mol. The minimum atomic E-state index is -3.81. The van der Waals surface area contributed by atoms with E-state index in [1.165, 1.54) is 0 Å². The van der Waals surface area contributed by atoms with Crippen LogP contribution >= 0.6 is 0 Å². The van der Waals surface area contributed by atoms with Crippen molar-refractivity contribution in [1.82, 2.24) is 10.3 Å². The van der Waals surface area contributed by atoms with Crippen LogP contribution in [0.4, 0.5) is 5.82 Å². The maximum atomic E-state index is 11.9. The van der Waals surface area contributed by atoms with Crippen molar-refractivity contribution in [2.24, 2.45) is 0 Å². The summed E-state index contributed by atoms with van der Waals surface area (Å²) in [7, 11) is -3.81. The standard InChI is InChI=1S/C16H21N3O5S/c1-25(22,23)16-12(15(20)21)11-9-10-5-2-3-6-17-7-4-8-18-13(10)19-14(11)24-16/h9,17H,2-8H2,1H3,(H,18,19)(H,20,21). The molecule has 25 heavy (non-hydrogen) atoms. The van der Waals surface area contributed by atoms with Crippen LogP contribution in [0.2, 0.25) is 0 Å². The van der Waals surface area contributed by atoms with Gasteiger partial charge >= 0.3 is 5.97 Å². The van der Waals surface area contributed by atoms with E-state index in [2.05, 4.69) is 15.6 Å². The molecule has 0 radical (unpaired) electrons. The summed E-state index contributed by atoms with van der Waals surface area (Å²) in [6.07, 6.45) is 4.51. The number of rotatable bonds is 2. The summed E-state index contributed by atoms with van der Waals surface area (Å²) in [6, 6.07) is 1.69. The Labute approximate surface area is 145 Å². The predicted octanol–water partition coefficient (Wildman–Crippen LogP) is 1.66. The molecule has 0 unspecified atom stereocenters. The quantitative estimate of drug-likeness (QED) is 0.733. The highest BCUT2D eigenvalue weighted by Crippen LogP contribution is 2.32. The van der Waals surface area contributed by atoms with E-state index >= 15 is 0 Å². The Morgan fingerprint density at radius 3 is 2.72 bits per heavy atom. The lowest BCUT2D eigenvalue weighted by Crippen LogP contribution is -2.18. The number of pyridine rings is 1. The van der Waals surface area contributed by atoms with Gasteiger partial charge in [-0.05, 0) is 50.4 Å². The summed E-state index contributed by atoms with van der Waals surface area (Å²) in [6.45, 7) is 2.56. The van der Waals surface area contributed by atoms with E-state index in [1.807, 2.05) is 0 Å². The number of fused-ring (bicyclic) bond motifs is 2. The summed E-state index contributed by atoms with van der Waals surface area (Å²) in [5.41, 5.74) is 0.554. The van der Waals surface area contributed by atoms with Gasteiger partial charge < -0.3 is 20.2 Å². The first-order chi connectivity index (χ1) is 11.9. The zero-order valence-corrected chi connectivity index (χ0v) is 14.8. The summed E-state index contributed by atoms with van der Waals surface area (Å²) < 4.78 is 29.1. The Bertz CT molecular complexity index is 904. The maximum Gasteiger partial charge on any atom is 0.341 e. The fourth-order valence-electron chi connectivity index (χ4n) is 2.96. The fraction of sp³-hybridized carbons (Fsp3) is 0.500. The monoisotopic (exact) mass is 367 g/mol. The Balaban J connectivity index is 2.15. The molecule has 0 fully saturated rings. The van der Waals surface area contributed by atoms with E-state index in [4.69, 9.17) is 4.42 Å². The minimum absolute atomic E-state index is 0.0251. The Morgan fingerprint density at radius 1 is 1.24 bits per heavy atom. The zero-order chi connectivity index (χ0) is 18.0. The van der Waals surface area contributed by atoms with Crippen LogP contribution in [0.5, 0.6) is 0 Å². The second-order valence-corrected chi connectivity index (χ2v) is 8.09. The number of aromatic nitrogens is 1. The highest BCUT2D eigenvalue weighted by Gasteiger charge is 2.28. The average molecular weight is 367 g/mol. The number of carboxylic acid groups (broad SMARTS) is 1. The second-order valence-electron chi connectivity index (χ2n) is 6.18. The Hall–Kier alpha value is -2.13. The number of carbonyl (C=O) groups is 1. The summed E-state index contributed by atoms with van der Waals surface area (Å²) >= 11 is 0. The SMILES string of the molecule is CS(=O)(=O)c1oc2nc3c(cc2c1C(=O)O)CCCCNCCCN3. The third-order valence-corrected chi connectivity index (χ3v) is 5.11. The van der Waals surface area contributed by atoms with Crippen LogP contribution in [0, 0.1) is 0 Å². The molecule has 0 bridgehead atoms. The largest absolute Gasteiger partial charge is 0.478 e. The van der Waals surface area contributed by atoms with Gasteiger partial charge in [-0.1, -0.05) is 0 Å². The van der Waals surface area contributed by atoms with Crippen LogP contribution in [0.25, 0.3) is 11.1 Å². The van der Waals surface area contributed by atoms with Gasteiger partial charge in [0.2, 0.25) is 20.6 Å². The van der Waals surface area contributed by atoms with Gasteiger partial charge in [0.1, 0.15) is 11.4 Å². The number of hydrogen-bond acceptors (Lipinski definition) is 7. The molecule has 1 aliphatic rings. The third kappa shape index (κ3) is 3.77. The van der Waals surface area contributed by atoms with Gasteiger partial charge in [-0.2, -0.15) is 4.98 Å². The number of anilines is 1. The van der Waals surface area contributed by atoms with Crippen molar-refractivity contribution >= 4 is 32.7 Å². The van der Waals surface area contributed by atoms with Crippen molar-refractivity contribution in [2.75, 3.05) is 31.2 Å². The lowest BCUT2D eigenvalue weighted by molar-refractivity contribution is 0.0691. The molecule has 3 rings (SSSR count). The second kappa shape index (κ2) is 7.01. The van der Waals surface area contributed by atoms with E-state index < -0.39 is 20.9 Å². The van der Waals surface area contributed by atoms with Crippen LogP contribution in [-0.4, -0.2) is 50.4 Å². The van der Waals surface area contributed by atoms with E-state index in [-0.39, 0.29) is 16.7 Å². The predicted molar refractivity (Wildman–Crippen MR) is 93.0 cm³/mol. The van der Waals surface area contributed by atoms with Gasteiger partial charge in [-0.25, -0.2) is 13.2 Å². The topological polar surface area (TPSA) is 122 Å². The number of aromatic carboxylic acids is 1. The molecule has 3 heterocycles. The molecule has 0 spiro atoms. The Kier molecular flexibility index (Phi) is 4.96. The van der Waals surface area contributed by atoms with Crippen LogP contribution in [0.1, 0.15) is 35.2 Å². The van der Waals surface area contributed by atoms with Crippen molar-refractivity contribution in [1.29, 1.82) is 0 Å². The van der Waals surface area contributed by atoms with Gasteiger partial charge in [-0.3, -0.25) is 0 Å². The molecule has 0 amide bonds. The lowest BCUT2D eigenvalue weighted by Gasteiger charge is -2.10. The fourth-order valence-corrected chi connectivity index (χ4v) is 3.76. The summed E-state index contributed by atoms with van der Waals surface area (Å²) in [5.74, 6) is -0.713. The molecule has 3 N–H and O–H groups in total. The molecule has 0 aromatic carbocycles. The maximum absolute atomic E-state index is 11.9. The van der Waals surface area contributed by atoms with Crippen molar-refractivity contribution in [3.05, 3.63) is 17.2 Å². The summed E-state index contributed by atoms with van der Waals surface area (Å²) in [5, 5.41) is 15.7. The van der Waals surface area contributed by atoms with Crippen molar-refractivity contribution < 1.29 is 22.7 Å². The molecule has 0 aliphatic carbocycles. The molecule has 136 valence electrons. The van der Waals surface area contributed by atoms with Crippen molar-refractivity contribution in [3.63, 3.8) is 0 Å². The molecule has 2 aromatic rings. The molecule has 2 aromatic heterocycles.